The normalized spacial score (nSPS) is 10.5. The molecule has 0 aliphatic heterocycles. The maximum Gasteiger partial charge on any atom is 0.137 e. The molecule has 0 bridgehead atoms. The Bertz CT molecular complexity index is 490. The molecule has 0 radical (unpaired) electrons. The van der Waals surface area contributed by atoms with Gasteiger partial charge in [0.25, 0.3) is 0 Å². The fourth-order valence-electron chi connectivity index (χ4n) is 1.41. The topological polar surface area (TPSA) is 37.8 Å². The van der Waals surface area contributed by atoms with Gasteiger partial charge in [-0.25, -0.2) is 14.4 Å². The maximum absolute atomic E-state index is 13.0. The van der Waals surface area contributed by atoms with E-state index in [9.17, 15) is 4.39 Å². The molecule has 0 aliphatic rings. The van der Waals surface area contributed by atoms with Crippen molar-refractivity contribution in [3.8, 4) is 0 Å². The monoisotopic (exact) mass is 295 g/mol. The number of hydrogen-bond donors (Lipinski definition) is 1. The van der Waals surface area contributed by atoms with Gasteiger partial charge in [-0.1, -0.05) is 6.07 Å². The number of rotatable bonds is 4. The summed E-state index contributed by atoms with van der Waals surface area (Å²) < 4.78 is 13.5. The number of aromatic nitrogens is 2. The molecule has 5 heteroatoms. The molecule has 1 aromatic carbocycles. The molecule has 88 valence electrons. The largest absolute Gasteiger partial charge is 0.307 e. The Kier molecular flexibility index (Phi) is 4.17. The summed E-state index contributed by atoms with van der Waals surface area (Å²) in [4.78, 5) is 7.94. The van der Waals surface area contributed by atoms with Crippen molar-refractivity contribution in [2.75, 3.05) is 0 Å². The van der Waals surface area contributed by atoms with Crippen LogP contribution in [0.5, 0.6) is 0 Å². The first-order valence-corrected chi connectivity index (χ1v) is 5.94. The summed E-state index contributed by atoms with van der Waals surface area (Å²) in [6, 6.07) is 6.83. The molecular formula is C12H11BrFN3. The van der Waals surface area contributed by atoms with E-state index in [1.165, 1.54) is 12.4 Å². The molecular weight excluding hydrogens is 285 g/mol. The Labute approximate surface area is 107 Å². The third-order valence-electron chi connectivity index (χ3n) is 2.26. The fourth-order valence-corrected chi connectivity index (χ4v) is 1.83. The molecule has 17 heavy (non-hydrogen) atoms. The van der Waals surface area contributed by atoms with Crippen LogP contribution < -0.4 is 5.32 Å². The standard InChI is InChI=1S/C12H11BrFN3/c13-11-5-9(1-2-12(11)14)6-16-7-10-3-4-15-8-17-10/h1-5,8,16H,6-7H2. The first-order chi connectivity index (χ1) is 8.25. The quantitative estimate of drug-likeness (QED) is 0.942. The molecule has 0 unspecified atom stereocenters. The lowest BCUT2D eigenvalue weighted by Crippen LogP contribution is -2.13. The number of halogens is 2. The van der Waals surface area contributed by atoms with Gasteiger partial charge >= 0.3 is 0 Å². The lowest BCUT2D eigenvalue weighted by molar-refractivity contribution is 0.617. The lowest BCUT2D eigenvalue weighted by atomic mass is 10.2. The van der Waals surface area contributed by atoms with Gasteiger partial charge in [0.05, 0.1) is 10.2 Å². The molecule has 0 amide bonds. The van der Waals surface area contributed by atoms with Crippen molar-refractivity contribution in [2.24, 2.45) is 0 Å². The Morgan fingerprint density at radius 2 is 2.12 bits per heavy atom. The Morgan fingerprint density at radius 1 is 1.24 bits per heavy atom. The SMILES string of the molecule is Fc1ccc(CNCc2ccncn2)cc1Br. The minimum Gasteiger partial charge on any atom is -0.307 e. The third kappa shape index (κ3) is 3.57. The van der Waals surface area contributed by atoms with Gasteiger partial charge < -0.3 is 5.32 Å². The summed E-state index contributed by atoms with van der Waals surface area (Å²) in [5, 5.41) is 3.23. The van der Waals surface area contributed by atoms with Gasteiger partial charge in [-0.3, -0.25) is 0 Å². The molecule has 1 N–H and O–H groups in total. The van der Waals surface area contributed by atoms with Gasteiger partial charge in [-0.15, -0.1) is 0 Å². The van der Waals surface area contributed by atoms with E-state index in [0.29, 0.717) is 17.6 Å². The van der Waals surface area contributed by atoms with Gasteiger partial charge in [0.2, 0.25) is 0 Å². The average Bonchev–Trinajstić information content (AvgIpc) is 2.35. The van der Waals surface area contributed by atoms with Crippen molar-refractivity contribution in [2.45, 2.75) is 13.1 Å². The molecule has 0 fully saturated rings. The third-order valence-corrected chi connectivity index (χ3v) is 2.87. The van der Waals surface area contributed by atoms with Crippen molar-refractivity contribution in [1.29, 1.82) is 0 Å². The van der Waals surface area contributed by atoms with Gasteiger partial charge in [0.15, 0.2) is 0 Å². The number of hydrogen-bond acceptors (Lipinski definition) is 3. The number of nitrogens with zero attached hydrogens (tertiary/aromatic N) is 2. The van der Waals surface area contributed by atoms with Gasteiger partial charge in [0, 0.05) is 19.3 Å². The fraction of sp³-hybridized carbons (Fsp3) is 0.167. The zero-order valence-corrected chi connectivity index (χ0v) is 10.6. The molecule has 1 aromatic heterocycles. The van der Waals surface area contributed by atoms with Crippen LogP contribution in [0, 0.1) is 5.82 Å². The minimum absolute atomic E-state index is 0.246. The Balaban J connectivity index is 1.88. The second-order valence-electron chi connectivity index (χ2n) is 3.55. The zero-order valence-electron chi connectivity index (χ0n) is 9.03. The molecule has 1 heterocycles. The summed E-state index contributed by atoms with van der Waals surface area (Å²) in [7, 11) is 0. The second-order valence-corrected chi connectivity index (χ2v) is 4.41. The van der Waals surface area contributed by atoms with Gasteiger partial charge in [0.1, 0.15) is 12.1 Å². The summed E-state index contributed by atoms with van der Waals surface area (Å²) in [5.74, 6) is -0.246. The number of benzene rings is 1. The number of nitrogens with one attached hydrogen (secondary N) is 1. The molecule has 2 aromatic rings. The lowest BCUT2D eigenvalue weighted by Gasteiger charge is -2.05. The predicted molar refractivity (Wildman–Crippen MR) is 66.7 cm³/mol. The predicted octanol–water partition coefficient (Wildman–Crippen LogP) is 2.67. The summed E-state index contributed by atoms with van der Waals surface area (Å²) >= 11 is 3.16. The summed E-state index contributed by atoms with van der Waals surface area (Å²) in [5.41, 5.74) is 1.95. The van der Waals surface area contributed by atoms with E-state index in [4.69, 9.17) is 0 Å². The van der Waals surface area contributed by atoms with Gasteiger partial charge in [-0.2, -0.15) is 0 Å². The second kappa shape index (κ2) is 5.84. The van der Waals surface area contributed by atoms with E-state index in [1.54, 1.807) is 18.3 Å². The van der Waals surface area contributed by atoms with E-state index in [0.717, 1.165) is 11.3 Å². The van der Waals surface area contributed by atoms with Crippen molar-refractivity contribution >= 4 is 15.9 Å². The average molecular weight is 296 g/mol. The highest BCUT2D eigenvalue weighted by molar-refractivity contribution is 9.10. The van der Waals surface area contributed by atoms with Crippen LogP contribution >= 0.6 is 15.9 Å². The highest BCUT2D eigenvalue weighted by Crippen LogP contribution is 2.16. The van der Waals surface area contributed by atoms with E-state index in [1.807, 2.05) is 6.07 Å². The smallest absolute Gasteiger partial charge is 0.137 e. The molecule has 0 aliphatic carbocycles. The molecule has 0 spiro atoms. The molecule has 2 rings (SSSR count). The van der Waals surface area contributed by atoms with Crippen LogP contribution in [0.25, 0.3) is 0 Å². The van der Waals surface area contributed by atoms with Crippen LogP contribution in [0.2, 0.25) is 0 Å². The first-order valence-electron chi connectivity index (χ1n) is 5.15. The van der Waals surface area contributed by atoms with E-state index in [2.05, 4.69) is 31.2 Å². The van der Waals surface area contributed by atoms with Crippen LogP contribution in [-0.2, 0) is 13.1 Å². The molecule has 0 atom stereocenters. The Hall–Kier alpha value is -1.33. The van der Waals surface area contributed by atoms with E-state index >= 15 is 0 Å². The Morgan fingerprint density at radius 3 is 2.82 bits per heavy atom. The van der Waals surface area contributed by atoms with Crippen LogP contribution in [0.15, 0.2) is 41.3 Å². The maximum atomic E-state index is 13.0. The molecule has 0 saturated heterocycles. The van der Waals surface area contributed by atoms with Crippen LogP contribution in [0.4, 0.5) is 4.39 Å². The summed E-state index contributed by atoms with van der Waals surface area (Å²) in [6.45, 7) is 1.33. The van der Waals surface area contributed by atoms with Gasteiger partial charge in [-0.05, 0) is 39.7 Å². The van der Waals surface area contributed by atoms with Crippen LogP contribution in [0.3, 0.4) is 0 Å². The van der Waals surface area contributed by atoms with Crippen molar-refractivity contribution in [3.05, 3.63) is 58.3 Å². The minimum atomic E-state index is -0.246. The highest BCUT2D eigenvalue weighted by Gasteiger charge is 2.00. The van der Waals surface area contributed by atoms with Crippen molar-refractivity contribution < 1.29 is 4.39 Å². The highest BCUT2D eigenvalue weighted by atomic mass is 79.9. The van der Waals surface area contributed by atoms with E-state index < -0.39 is 0 Å². The van der Waals surface area contributed by atoms with Crippen molar-refractivity contribution in [3.63, 3.8) is 0 Å². The zero-order chi connectivity index (χ0) is 12.1. The molecule has 3 nitrogen and oxygen atoms in total. The summed E-state index contributed by atoms with van der Waals surface area (Å²) in [6.07, 6.45) is 3.23. The van der Waals surface area contributed by atoms with Crippen LogP contribution in [-0.4, -0.2) is 9.97 Å². The van der Waals surface area contributed by atoms with E-state index in [-0.39, 0.29) is 5.82 Å². The first kappa shape index (κ1) is 12.1. The van der Waals surface area contributed by atoms with Crippen molar-refractivity contribution in [1.82, 2.24) is 15.3 Å². The van der Waals surface area contributed by atoms with Crippen LogP contribution in [0.1, 0.15) is 11.3 Å². The molecule has 0 saturated carbocycles.